The molecule has 20 heavy (non-hydrogen) atoms. The zero-order chi connectivity index (χ0) is 14.5. The molecule has 0 bridgehead atoms. The number of aromatic nitrogens is 3. The smallest absolute Gasteiger partial charge is 0.263 e. The molecular formula is C12H14N4O3S. The monoisotopic (exact) mass is 294 g/mol. The van der Waals surface area contributed by atoms with Crippen LogP contribution < -0.4 is 10.2 Å². The van der Waals surface area contributed by atoms with E-state index in [1.165, 1.54) is 7.11 Å². The molecule has 0 fully saturated rings. The van der Waals surface area contributed by atoms with E-state index in [1.54, 1.807) is 11.7 Å². The van der Waals surface area contributed by atoms with Gasteiger partial charge in [-0.15, -0.1) is 0 Å². The minimum Gasteiger partial charge on any atom is -0.497 e. The fourth-order valence-electron chi connectivity index (χ4n) is 1.71. The molecule has 1 heterocycles. The molecule has 0 radical (unpaired) electrons. The van der Waals surface area contributed by atoms with Gasteiger partial charge in [0.15, 0.2) is 10.6 Å². The third-order valence-electron chi connectivity index (χ3n) is 2.62. The molecule has 2 rings (SSSR count). The van der Waals surface area contributed by atoms with Gasteiger partial charge in [0, 0.05) is 5.56 Å². The van der Waals surface area contributed by atoms with Crippen LogP contribution in [0.15, 0.2) is 24.3 Å². The van der Waals surface area contributed by atoms with E-state index >= 15 is 0 Å². The molecule has 8 heteroatoms. The van der Waals surface area contributed by atoms with E-state index in [4.69, 9.17) is 17.0 Å². The van der Waals surface area contributed by atoms with Gasteiger partial charge in [0.25, 0.3) is 5.91 Å². The topological polar surface area (TPSA) is 81.2 Å². The second-order valence-corrected chi connectivity index (χ2v) is 4.28. The SMILES string of the molecule is CONC(=O)Cn1c(-c2ccc(OC)cc2)n[nH]c1=S. The average molecular weight is 294 g/mol. The molecule has 0 saturated carbocycles. The minimum atomic E-state index is -0.320. The van der Waals surface area contributed by atoms with Crippen molar-refractivity contribution in [2.45, 2.75) is 6.54 Å². The quantitative estimate of drug-likeness (QED) is 0.641. The standard InChI is InChI=1S/C12H14N4O3S/c1-18-9-5-3-8(4-6-9)11-13-14-12(20)16(11)7-10(17)15-19-2/h3-6H,7H2,1-2H3,(H,14,20)(H,15,17). The maximum Gasteiger partial charge on any atom is 0.263 e. The van der Waals surface area contributed by atoms with Gasteiger partial charge < -0.3 is 4.74 Å². The molecule has 0 spiro atoms. The first kappa shape index (κ1) is 14.2. The van der Waals surface area contributed by atoms with Crippen LogP contribution in [0.4, 0.5) is 0 Å². The molecule has 1 amide bonds. The Kier molecular flexibility index (Phi) is 4.49. The summed E-state index contributed by atoms with van der Waals surface area (Å²) in [6.45, 7) is 0.0184. The van der Waals surface area contributed by atoms with E-state index in [1.807, 2.05) is 24.3 Å². The predicted octanol–water partition coefficient (Wildman–Crippen LogP) is 1.29. The van der Waals surface area contributed by atoms with Crippen LogP contribution in [0.2, 0.25) is 0 Å². The number of H-pyrrole nitrogens is 1. The highest BCUT2D eigenvalue weighted by molar-refractivity contribution is 7.71. The Morgan fingerprint density at radius 3 is 2.70 bits per heavy atom. The molecule has 1 aromatic carbocycles. The van der Waals surface area contributed by atoms with Gasteiger partial charge in [-0.2, -0.15) is 5.10 Å². The molecule has 2 aromatic rings. The van der Waals surface area contributed by atoms with Crippen LogP contribution in [-0.2, 0) is 16.2 Å². The summed E-state index contributed by atoms with van der Waals surface area (Å²) in [4.78, 5) is 16.2. The van der Waals surface area contributed by atoms with Crippen LogP contribution in [0.5, 0.6) is 5.75 Å². The van der Waals surface area contributed by atoms with Crippen molar-refractivity contribution in [2.24, 2.45) is 0 Å². The molecule has 0 aliphatic rings. The van der Waals surface area contributed by atoms with Crippen molar-refractivity contribution >= 4 is 18.1 Å². The van der Waals surface area contributed by atoms with Gasteiger partial charge in [-0.25, -0.2) is 5.48 Å². The summed E-state index contributed by atoms with van der Waals surface area (Å²) >= 11 is 5.12. The normalized spacial score (nSPS) is 10.3. The second kappa shape index (κ2) is 6.31. The van der Waals surface area contributed by atoms with Gasteiger partial charge in [0.05, 0.1) is 14.2 Å². The summed E-state index contributed by atoms with van der Waals surface area (Å²) in [5.41, 5.74) is 3.06. The summed E-state index contributed by atoms with van der Waals surface area (Å²) in [5, 5.41) is 6.81. The zero-order valence-corrected chi connectivity index (χ0v) is 11.9. The fourth-order valence-corrected chi connectivity index (χ4v) is 1.91. The fraction of sp³-hybridized carbons (Fsp3) is 0.250. The molecule has 2 N–H and O–H groups in total. The molecule has 0 aliphatic heterocycles. The lowest BCUT2D eigenvalue weighted by atomic mass is 10.2. The lowest BCUT2D eigenvalue weighted by Gasteiger charge is -2.07. The number of hydrogen-bond donors (Lipinski definition) is 2. The first-order valence-corrected chi connectivity index (χ1v) is 6.18. The number of hydroxylamine groups is 1. The Hall–Kier alpha value is -2.19. The van der Waals surface area contributed by atoms with Crippen molar-refractivity contribution in [3.8, 4) is 17.1 Å². The summed E-state index contributed by atoms with van der Waals surface area (Å²) in [6.07, 6.45) is 0. The maximum absolute atomic E-state index is 11.6. The van der Waals surface area contributed by atoms with Crippen LogP contribution >= 0.6 is 12.2 Å². The molecule has 1 aromatic heterocycles. The first-order valence-electron chi connectivity index (χ1n) is 5.77. The highest BCUT2D eigenvalue weighted by Crippen LogP contribution is 2.20. The van der Waals surface area contributed by atoms with Crippen molar-refractivity contribution in [2.75, 3.05) is 14.2 Å². The Balaban J connectivity index is 2.32. The number of aromatic amines is 1. The molecule has 0 aliphatic carbocycles. The number of nitrogens with one attached hydrogen (secondary N) is 2. The number of carbonyl (C=O) groups is 1. The maximum atomic E-state index is 11.6. The number of hydrogen-bond acceptors (Lipinski definition) is 5. The van der Waals surface area contributed by atoms with Crippen molar-refractivity contribution in [1.82, 2.24) is 20.2 Å². The van der Waals surface area contributed by atoms with Crippen molar-refractivity contribution < 1.29 is 14.4 Å². The Morgan fingerprint density at radius 1 is 1.40 bits per heavy atom. The van der Waals surface area contributed by atoms with Crippen molar-refractivity contribution in [1.29, 1.82) is 0 Å². The van der Waals surface area contributed by atoms with Crippen molar-refractivity contribution in [3.63, 3.8) is 0 Å². The number of nitrogens with zero attached hydrogens (tertiary/aromatic N) is 2. The minimum absolute atomic E-state index is 0.0184. The van der Waals surface area contributed by atoms with Gasteiger partial charge in [-0.1, -0.05) is 0 Å². The third kappa shape index (κ3) is 3.03. The number of carbonyl (C=O) groups excluding carboxylic acids is 1. The lowest BCUT2D eigenvalue weighted by Crippen LogP contribution is -2.26. The Bertz CT molecular complexity index is 647. The van der Waals surface area contributed by atoms with Crippen LogP contribution in [0.1, 0.15) is 0 Å². The van der Waals surface area contributed by atoms with E-state index in [-0.39, 0.29) is 12.5 Å². The molecular weight excluding hydrogens is 280 g/mol. The molecule has 106 valence electrons. The average Bonchev–Trinajstić information content (AvgIpc) is 2.81. The molecule has 0 unspecified atom stereocenters. The summed E-state index contributed by atoms with van der Waals surface area (Å²) in [5.74, 6) is 0.996. The van der Waals surface area contributed by atoms with E-state index < -0.39 is 0 Å². The predicted molar refractivity (Wildman–Crippen MR) is 74.6 cm³/mol. The van der Waals surface area contributed by atoms with E-state index in [0.29, 0.717) is 10.6 Å². The van der Waals surface area contributed by atoms with Crippen LogP contribution in [0.25, 0.3) is 11.4 Å². The van der Waals surface area contributed by atoms with E-state index in [2.05, 4.69) is 20.5 Å². The van der Waals surface area contributed by atoms with Gasteiger partial charge in [0.2, 0.25) is 0 Å². The van der Waals surface area contributed by atoms with Crippen LogP contribution in [-0.4, -0.2) is 34.9 Å². The van der Waals surface area contributed by atoms with Gasteiger partial charge in [0.1, 0.15) is 12.3 Å². The van der Waals surface area contributed by atoms with Gasteiger partial charge in [-0.05, 0) is 36.5 Å². The molecule has 7 nitrogen and oxygen atoms in total. The molecule has 0 saturated heterocycles. The second-order valence-electron chi connectivity index (χ2n) is 3.90. The largest absolute Gasteiger partial charge is 0.497 e. The Morgan fingerprint density at radius 2 is 2.10 bits per heavy atom. The van der Waals surface area contributed by atoms with Crippen molar-refractivity contribution in [3.05, 3.63) is 29.0 Å². The number of benzene rings is 1. The number of rotatable bonds is 5. The summed E-state index contributed by atoms with van der Waals surface area (Å²) in [7, 11) is 2.97. The highest BCUT2D eigenvalue weighted by Gasteiger charge is 2.12. The summed E-state index contributed by atoms with van der Waals surface area (Å²) < 4.78 is 7.05. The molecule has 0 atom stereocenters. The van der Waals surface area contributed by atoms with Crippen LogP contribution in [0, 0.1) is 4.77 Å². The highest BCUT2D eigenvalue weighted by atomic mass is 32.1. The summed E-state index contributed by atoms with van der Waals surface area (Å²) in [6, 6.07) is 7.31. The van der Waals surface area contributed by atoms with E-state index in [9.17, 15) is 4.79 Å². The van der Waals surface area contributed by atoms with E-state index in [0.717, 1.165) is 11.3 Å². The lowest BCUT2D eigenvalue weighted by molar-refractivity contribution is -0.131. The third-order valence-corrected chi connectivity index (χ3v) is 2.94. The number of methoxy groups -OCH3 is 1. The van der Waals surface area contributed by atoms with Gasteiger partial charge >= 0.3 is 0 Å². The first-order chi connectivity index (χ1) is 9.65. The van der Waals surface area contributed by atoms with Gasteiger partial charge in [-0.3, -0.25) is 19.3 Å². The number of ether oxygens (including phenoxy) is 1. The zero-order valence-electron chi connectivity index (χ0n) is 11.0. The van der Waals surface area contributed by atoms with Crippen LogP contribution in [0.3, 0.4) is 0 Å². The number of amides is 1. The Labute approximate surface area is 120 Å².